The lowest BCUT2D eigenvalue weighted by atomic mass is 10.1. The zero-order valence-corrected chi connectivity index (χ0v) is 14.4. The van der Waals surface area contributed by atoms with Gasteiger partial charge in [0.25, 0.3) is 0 Å². The smallest absolute Gasteiger partial charge is 0.121 e. The molecule has 0 fully saturated rings. The Balaban J connectivity index is 2.17. The Morgan fingerprint density at radius 3 is 2.71 bits per heavy atom. The molecule has 1 heterocycles. The number of fused-ring (bicyclic) bond motifs is 1. The Morgan fingerprint density at radius 1 is 1.17 bits per heavy atom. The number of halogens is 1. The number of benzene rings is 2. The van der Waals surface area contributed by atoms with E-state index < -0.39 is 0 Å². The van der Waals surface area contributed by atoms with E-state index in [2.05, 4.69) is 5.32 Å². The minimum Gasteiger partial charge on any atom is -0.497 e. The minimum atomic E-state index is 0.0612. The molecule has 24 heavy (non-hydrogen) atoms. The van der Waals surface area contributed by atoms with Crippen LogP contribution in [0.3, 0.4) is 0 Å². The molecule has 0 amide bonds. The highest BCUT2D eigenvalue weighted by Gasteiger charge is 2.10. The first-order valence-corrected chi connectivity index (χ1v) is 8.10. The van der Waals surface area contributed by atoms with E-state index in [9.17, 15) is 0 Å². The van der Waals surface area contributed by atoms with Crippen LogP contribution in [0.4, 0.5) is 5.69 Å². The third-order valence-electron chi connectivity index (χ3n) is 3.91. The first-order chi connectivity index (χ1) is 11.6. The number of pyridine rings is 1. The number of aromatic nitrogens is 1. The average molecular weight is 343 g/mol. The SMILES string of the molecule is COc1ccc2c(NCCO)cc(-c3ccc(C)c(Cl)c3)nc2c1. The maximum Gasteiger partial charge on any atom is 0.121 e. The molecule has 5 heteroatoms. The van der Waals surface area contributed by atoms with Crippen molar-refractivity contribution >= 4 is 28.2 Å². The van der Waals surface area contributed by atoms with E-state index in [-0.39, 0.29) is 6.61 Å². The van der Waals surface area contributed by atoms with Crippen molar-refractivity contribution in [3.63, 3.8) is 0 Å². The highest BCUT2D eigenvalue weighted by molar-refractivity contribution is 6.31. The number of ether oxygens (including phenoxy) is 1. The standard InChI is InChI=1S/C19H19ClN2O2/c1-12-3-4-13(9-16(12)20)17-11-18(21-7-8-23)15-6-5-14(24-2)10-19(15)22-17/h3-6,9-11,23H,7-8H2,1-2H3,(H,21,22). The van der Waals surface area contributed by atoms with Crippen LogP contribution in [-0.2, 0) is 0 Å². The van der Waals surface area contributed by atoms with E-state index in [4.69, 9.17) is 26.4 Å². The largest absolute Gasteiger partial charge is 0.497 e. The number of nitrogens with one attached hydrogen (secondary N) is 1. The summed E-state index contributed by atoms with van der Waals surface area (Å²) in [4.78, 5) is 4.75. The number of aliphatic hydroxyl groups excluding tert-OH is 1. The molecule has 0 atom stereocenters. The molecule has 0 aliphatic heterocycles. The van der Waals surface area contributed by atoms with Crippen LogP contribution in [0.1, 0.15) is 5.56 Å². The van der Waals surface area contributed by atoms with Crippen molar-refractivity contribution < 1.29 is 9.84 Å². The maximum absolute atomic E-state index is 9.12. The Bertz CT molecular complexity index is 881. The zero-order chi connectivity index (χ0) is 17.1. The third-order valence-corrected chi connectivity index (χ3v) is 4.32. The quantitative estimate of drug-likeness (QED) is 0.726. The van der Waals surface area contributed by atoms with Gasteiger partial charge in [-0.25, -0.2) is 4.98 Å². The highest BCUT2D eigenvalue weighted by atomic mass is 35.5. The molecule has 0 aliphatic carbocycles. The molecule has 0 bridgehead atoms. The van der Waals surface area contributed by atoms with E-state index in [0.717, 1.165) is 39.2 Å². The van der Waals surface area contributed by atoms with Crippen LogP contribution in [0.25, 0.3) is 22.2 Å². The van der Waals surface area contributed by atoms with E-state index in [1.165, 1.54) is 0 Å². The van der Waals surface area contributed by atoms with Crippen molar-refractivity contribution in [3.8, 4) is 17.0 Å². The van der Waals surface area contributed by atoms with E-state index in [1.54, 1.807) is 7.11 Å². The summed E-state index contributed by atoms with van der Waals surface area (Å²) in [7, 11) is 1.63. The van der Waals surface area contributed by atoms with Crippen LogP contribution < -0.4 is 10.1 Å². The second kappa shape index (κ2) is 7.07. The molecule has 0 radical (unpaired) electrons. The van der Waals surface area contributed by atoms with Crippen molar-refractivity contribution in [2.45, 2.75) is 6.92 Å². The van der Waals surface area contributed by atoms with E-state index in [1.807, 2.05) is 49.4 Å². The number of methoxy groups -OCH3 is 1. The number of aryl methyl sites for hydroxylation is 1. The summed E-state index contributed by atoms with van der Waals surface area (Å²) in [5, 5.41) is 14.1. The Kier molecular flexibility index (Phi) is 4.88. The minimum absolute atomic E-state index is 0.0612. The molecule has 2 aromatic carbocycles. The lowest BCUT2D eigenvalue weighted by Crippen LogP contribution is -2.06. The van der Waals surface area contributed by atoms with Gasteiger partial charge in [-0.15, -0.1) is 0 Å². The normalized spacial score (nSPS) is 10.8. The van der Waals surface area contributed by atoms with Gasteiger partial charge in [-0.2, -0.15) is 0 Å². The van der Waals surface area contributed by atoms with Crippen molar-refractivity contribution in [1.82, 2.24) is 4.98 Å². The number of nitrogens with zero attached hydrogens (tertiary/aromatic N) is 1. The number of hydrogen-bond acceptors (Lipinski definition) is 4. The van der Waals surface area contributed by atoms with Gasteiger partial charge in [-0.3, -0.25) is 0 Å². The van der Waals surface area contributed by atoms with E-state index in [0.29, 0.717) is 11.6 Å². The zero-order valence-electron chi connectivity index (χ0n) is 13.6. The first kappa shape index (κ1) is 16.6. The fourth-order valence-electron chi connectivity index (χ4n) is 2.57. The topological polar surface area (TPSA) is 54.4 Å². The van der Waals surface area contributed by atoms with Gasteiger partial charge < -0.3 is 15.2 Å². The number of hydrogen-bond donors (Lipinski definition) is 2. The predicted molar refractivity (Wildman–Crippen MR) is 99.1 cm³/mol. The molecule has 3 aromatic rings. The fourth-order valence-corrected chi connectivity index (χ4v) is 2.75. The van der Waals surface area contributed by atoms with Gasteiger partial charge in [-0.05, 0) is 36.8 Å². The monoisotopic (exact) mass is 342 g/mol. The second-order valence-corrected chi connectivity index (χ2v) is 5.96. The molecule has 3 rings (SSSR count). The summed E-state index contributed by atoms with van der Waals surface area (Å²) in [5.41, 5.74) is 4.54. The summed E-state index contributed by atoms with van der Waals surface area (Å²) in [6.07, 6.45) is 0. The summed E-state index contributed by atoms with van der Waals surface area (Å²) >= 11 is 6.26. The third kappa shape index (κ3) is 3.30. The van der Waals surface area contributed by atoms with Gasteiger partial charge in [0, 0.05) is 34.3 Å². The van der Waals surface area contributed by atoms with Crippen LogP contribution in [0, 0.1) is 6.92 Å². The molecule has 2 N–H and O–H groups in total. The lowest BCUT2D eigenvalue weighted by Gasteiger charge is -2.13. The highest BCUT2D eigenvalue weighted by Crippen LogP contribution is 2.32. The van der Waals surface area contributed by atoms with Crippen molar-refractivity contribution in [1.29, 1.82) is 0 Å². The molecule has 0 saturated heterocycles. The summed E-state index contributed by atoms with van der Waals surface area (Å²) in [6, 6.07) is 13.6. The summed E-state index contributed by atoms with van der Waals surface area (Å²) in [6.45, 7) is 2.50. The molecule has 0 spiro atoms. The average Bonchev–Trinajstić information content (AvgIpc) is 2.61. The number of anilines is 1. The predicted octanol–water partition coefficient (Wildman–Crippen LogP) is 4.28. The van der Waals surface area contributed by atoms with Crippen molar-refractivity contribution in [2.24, 2.45) is 0 Å². The Morgan fingerprint density at radius 2 is 2.00 bits per heavy atom. The first-order valence-electron chi connectivity index (χ1n) is 7.72. The van der Waals surface area contributed by atoms with Crippen LogP contribution in [0.15, 0.2) is 42.5 Å². The molecule has 4 nitrogen and oxygen atoms in total. The molecule has 0 saturated carbocycles. The molecule has 1 aromatic heterocycles. The van der Waals surface area contributed by atoms with Gasteiger partial charge in [0.15, 0.2) is 0 Å². The van der Waals surface area contributed by atoms with E-state index >= 15 is 0 Å². The van der Waals surface area contributed by atoms with Gasteiger partial charge in [-0.1, -0.05) is 23.7 Å². The van der Waals surface area contributed by atoms with Gasteiger partial charge >= 0.3 is 0 Å². The van der Waals surface area contributed by atoms with Gasteiger partial charge in [0.05, 0.1) is 24.9 Å². The second-order valence-electron chi connectivity index (χ2n) is 5.55. The lowest BCUT2D eigenvalue weighted by molar-refractivity contribution is 0.311. The molecule has 0 aliphatic rings. The molecular weight excluding hydrogens is 324 g/mol. The maximum atomic E-state index is 9.12. The summed E-state index contributed by atoms with van der Waals surface area (Å²) in [5.74, 6) is 0.752. The molecule has 0 unspecified atom stereocenters. The Labute approximate surface area is 146 Å². The van der Waals surface area contributed by atoms with Crippen molar-refractivity contribution in [2.75, 3.05) is 25.6 Å². The Hall–Kier alpha value is -2.30. The molecule has 124 valence electrons. The number of rotatable bonds is 5. The van der Waals surface area contributed by atoms with Crippen LogP contribution in [0.5, 0.6) is 5.75 Å². The number of aliphatic hydroxyl groups is 1. The van der Waals surface area contributed by atoms with Crippen molar-refractivity contribution in [3.05, 3.63) is 53.1 Å². The van der Waals surface area contributed by atoms with Gasteiger partial charge in [0.2, 0.25) is 0 Å². The van der Waals surface area contributed by atoms with Crippen LogP contribution in [-0.4, -0.2) is 30.4 Å². The van der Waals surface area contributed by atoms with Crippen LogP contribution >= 0.6 is 11.6 Å². The summed E-state index contributed by atoms with van der Waals surface area (Å²) < 4.78 is 5.30. The van der Waals surface area contributed by atoms with Gasteiger partial charge in [0.1, 0.15) is 5.75 Å². The molecular formula is C19H19ClN2O2. The fraction of sp³-hybridized carbons (Fsp3) is 0.211. The van der Waals surface area contributed by atoms with Crippen LogP contribution in [0.2, 0.25) is 5.02 Å².